The Kier molecular flexibility index (Phi) is 3.26. The molecule has 0 bridgehead atoms. The van der Waals surface area contributed by atoms with Crippen LogP contribution in [0.25, 0.3) is 0 Å². The zero-order valence-electron chi connectivity index (χ0n) is 8.54. The van der Waals surface area contributed by atoms with E-state index in [0.29, 0.717) is 22.7 Å². The highest BCUT2D eigenvalue weighted by molar-refractivity contribution is 6.35. The lowest BCUT2D eigenvalue weighted by molar-refractivity contribution is 0.462. The van der Waals surface area contributed by atoms with Crippen LogP contribution in [0.5, 0.6) is 0 Å². The Bertz CT molecular complexity index is 336. The minimum absolute atomic E-state index is 0.338. The standard InChI is InChI=1S/C10H15ClN4/c11-8-9(12)13-6-14-10(8)15-7-4-2-1-3-5-7/h6-7H,1-5H2,(H3,12,13,14,15). The van der Waals surface area contributed by atoms with Gasteiger partial charge in [0.2, 0.25) is 0 Å². The molecular weight excluding hydrogens is 212 g/mol. The Hall–Kier alpha value is -1.03. The summed E-state index contributed by atoms with van der Waals surface area (Å²) in [4.78, 5) is 7.93. The van der Waals surface area contributed by atoms with Gasteiger partial charge in [0.05, 0.1) is 0 Å². The molecule has 0 aromatic carbocycles. The number of nitrogens with zero attached hydrogens (tertiary/aromatic N) is 2. The molecular formula is C10H15ClN4. The van der Waals surface area contributed by atoms with E-state index >= 15 is 0 Å². The summed E-state index contributed by atoms with van der Waals surface area (Å²) in [7, 11) is 0. The molecule has 0 atom stereocenters. The van der Waals surface area contributed by atoms with Gasteiger partial charge in [0.25, 0.3) is 0 Å². The fourth-order valence-electron chi connectivity index (χ4n) is 1.92. The minimum atomic E-state index is 0.338. The Morgan fingerprint density at radius 2 is 2.00 bits per heavy atom. The molecule has 1 aromatic rings. The first kappa shape index (κ1) is 10.5. The van der Waals surface area contributed by atoms with Crippen LogP contribution in [0.3, 0.4) is 0 Å². The Labute approximate surface area is 94.2 Å². The monoisotopic (exact) mass is 226 g/mol. The summed E-state index contributed by atoms with van der Waals surface area (Å²) in [6.07, 6.45) is 7.68. The highest BCUT2D eigenvalue weighted by Gasteiger charge is 2.15. The molecule has 4 nitrogen and oxygen atoms in total. The van der Waals surface area contributed by atoms with E-state index in [1.165, 1.54) is 38.4 Å². The summed E-state index contributed by atoms with van der Waals surface area (Å²) >= 11 is 6.00. The summed E-state index contributed by atoms with van der Waals surface area (Å²) in [5.74, 6) is 1.00. The van der Waals surface area contributed by atoms with Crippen LogP contribution >= 0.6 is 11.6 Å². The summed E-state index contributed by atoms with van der Waals surface area (Å²) in [6, 6.07) is 0.477. The second kappa shape index (κ2) is 4.66. The van der Waals surface area contributed by atoms with Crippen molar-refractivity contribution in [3.63, 3.8) is 0 Å². The number of hydrogen-bond donors (Lipinski definition) is 2. The van der Waals surface area contributed by atoms with Crippen LogP contribution in [-0.2, 0) is 0 Å². The Morgan fingerprint density at radius 3 is 2.73 bits per heavy atom. The minimum Gasteiger partial charge on any atom is -0.382 e. The number of anilines is 2. The fourth-order valence-corrected chi connectivity index (χ4v) is 2.08. The lowest BCUT2D eigenvalue weighted by Crippen LogP contribution is -2.23. The molecule has 0 amide bonds. The fraction of sp³-hybridized carbons (Fsp3) is 0.600. The van der Waals surface area contributed by atoms with Gasteiger partial charge >= 0.3 is 0 Å². The van der Waals surface area contributed by atoms with Gasteiger partial charge in [-0.25, -0.2) is 9.97 Å². The first-order valence-electron chi connectivity index (χ1n) is 5.30. The second-order valence-corrected chi connectivity index (χ2v) is 4.28. The van der Waals surface area contributed by atoms with E-state index in [0.717, 1.165) is 0 Å². The molecule has 82 valence electrons. The van der Waals surface area contributed by atoms with Crippen LogP contribution in [0.4, 0.5) is 11.6 Å². The third-order valence-electron chi connectivity index (χ3n) is 2.76. The zero-order chi connectivity index (χ0) is 10.7. The first-order valence-corrected chi connectivity index (χ1v) is 5.67. The van der Waals surface area contributed by atoms with Crippen LogP contribution in [0.1, 0.15) is 32.1 Å². The molecule has 0 spiro atoms. The average molecular weight is 227 g/mol. The second-order valence-electron chi connectivity index (χ2n) is 3.90. The van der Waals surface area contributed by atoms with Crippen molar-refractivity contribution in [3.05, 3.63) is 11.3 Å². The van der Waals surface area contributed by atoms with E-state index in [2.05, 4.69) is 15.3 Å². The predicted octanol–water partition coefficient (Wildman–Crippen LogP) is 2.46. The molecule has 0 radical (unpaired) electrons. The summed E-state index contributed by atoms with van der Waals surface area (Å²) < 4.78 is 0. The molecule has 1 fully saturated rings. The van der Waals surface area contributed by atoms with Crippen LogP contribution in [0.2, 0.25) is 5.02 Å². The van der Waals surface area contributed by atoms with E-state index in [4.69, 9.17) is 17.3 Å². The lowest BCUT2D eigenvalue weighted by Gasteiger charge is -2.23. The van der Waals surface area contributed by atoms with Crippen LogP contribution < -0.4 is 11.1 Å². The van der Waals surface area contributed by atoms with Crippen LogP contribution in [-0.4, -0.2) is 16.0 Å². The molecule has 0 unspecified atom stereocenters. The third kappa shape index (κ3) is 2.50. The number of nitrogen functional groups attached to an aromatic ring is 1. The van der Waals surface area contributed by atoms with Gasteiger partial charge in [-0.15, -0.1) is 0 Å². The highest BCUT2D eigenvalue weighted by Crippen LogP contribution is 2.27. The van der Waals surface area contributed by atoms with Crippen molar-refractivity contribution < 1.29 is 0 Å². The van der Waals surface area contributed by atoms with Crippen LogP contribution in [0, 0.1) is 0 Å². The summed E-state index contributed by atoms with van der Waals surface area (Å²) in [5, 5.41) is 3.76. The quantitative estimate of drug-likeness (QED) is 0.813. The lowest BCUT2D eigenvalue weighted by atomic mass is 9.95. The maximum absolute atomic E-state index is 6.00. The first-order chi connectivity index (χ1) is 7.27. The molecule has 0 aliphatic heterocycles. The third-order valence-corrected chi connectivity index (χ3v) is 3.14. The molecule has 0 saturated heterocycles. The van der Waals surface area contributed by atoms with Gasteiger partial charge in [0, 0.05) is 6.04 Å². The Morgan fingerprint density at radius 1 is 1.27 bits per heavy atom. The normalized spacial score (nSPS) is 17.7. The van der Waals surface area contributed by atoms with Gasteiger partial charge < -0.3 is 11.1 Å². The van der Waals surface area contributed by atoms with Gasteiger partial charge in [-0.1, -0.05) is 30.9 Å². The number of hydrogen-bond acceptors (Lipinski definition) is 4. The van der Waals surface area contributed by atoms with Gasteiger partial charge in [-0.2, -0.15) is 0 Å². The molecule has 1 saturated carbocycles. The van der Waals surface area contributed by atoms with Crippen molar-refractivity contribution in [2.75, 3.05) is 11.1 Å². The van der Waals surface area contributed by atoms with Crippen molar-refractivity contribution in [2.24, 2.45) is 0 Å². The van der Waals surface area contributed by atoms with Gasteiger partial charge in [0.1, 0.15) is 17.2 Å². The topological polar surface area (TPSA) is 63.8 Å². The van der Waals surface area contributed by atoms with Gasteiger partial charge in [-0.3, -0.25) is 0 Å². The highest BCUT2D eigenvalue weighted by atomic mass is 35.5. The number of halogens is 1. The summed E-state index contributed by atoms with van der Waals surface area (Å²) in [6.45, 7) is 0. The maximum atomic E-state index is 6.00. The van der Waals surface area contributed by atoms with Crippen LogP contribution in [0.15, 0.2) is 6.33 Å². The van der Waals surface area contributed by atoms with Crippen molar-refractivity contribution in [1.82, 2.24) is 9.97 Å². The maximum Gasteiger partial charge on any atom is 0.150 e. The SMILES string of the molecule is Nc1ncnc(NC2CCCCC2)c1Cl. The van der Waals surface area contributed by atoms with E-state index in [1.54, 1.807) is 0 Å². The molecule has 1 aliphatic rings. The van der Waals surface area contributed by atoms with E-state index in [1.807, 2.05) is 0 Å². The van der Waals surface area contributed by atoms with Crippen molar-refractivity contribution in [1.29, 1.82) is 0 Å². The molecule has 15 heavy (non-hydrogen) atoms. The molecule has 2 rings (SSSR count). The molecule has 1 aromatic heterocycles. The van der Waals surface area contributed by atoms with Crippen molar-refractivity contribution >= 4 is 23.2 Å². The number of nitrogens with two attached hydrogens (primary N) is 1. The Balaban J connectivity index is 2.06. The predicted molar refractivity (Wildman–Crippen MR) is 62.0 cm³/mol. The van der Waals surface area contributed by atoms with E-state index < -0.39 is 0 Å². The average Bonchev–Trinajstić information content (AvgIpc) is 2.26. The van der Waals surface area contributed by atoms with Gasteiger partial charge in [-0.05, 0) is 12.8 Å². The zero-order valence-corrected chi connectivity index (χ0v) is 9.30. The number of nitrogens with one attached hydrogen (secondary N) is 1. The summed E-state index contributed by atoms with van der Waals surface area (Å²) in [5.41, 5.74) is 5.60. The van der Waals surface area contributed by atoms with Crippen molar-refractivity contribution in [3.8, 4) is 0 Å². The van der Waals surface area contributed by atoms with Gasteiger partial charge in [0.15, 0.2) is 5.82 Å². The molecule has 5 heteroatoms. The molecule has 3 N–H and O–H groups in total. The largest absolute Gasteiger partial charge is 0.382 e. The molecule has 1 heterocycles. The van der Waals surface area contributed by atoms with E-state index in [-0.39, 0.29) is 0 Å². The number of rotatable bonds is 2. The molecule has 1 aliphatic carbocycles. The van der Waals surface area contributed by atoms with E-state index in [9.17, 15) is 0 Å². The number of aromatic nitrogens is 2. The van der Waals surface area contributed by atoms with Crippen molar-refractivity contribution in [2.45, 2.75) is 38.1 Å². The smallest absolute Gasteiger partial charge is 0.150 e.